The molecular weight excluding hydrogens is 286 g/mol. The summed E-state index contributed by atoms with van der Waals surface area (Å²) in [4.78, 5) is 14.5. The van der Waals surface area contributed by atoms with E-state index in [4.69, 9.17) is 0 Å². The van der Waals surface area contributed by atoms with Crippen molar-refractivity contribution in [3.63, 3.8) is 0 Å². The fourth-order valence-corrected chi connectivity index (χ4v) is 2.36. The van der Waals surface area contributed by atoms with Gasteiger partial charge in [0.1, 0.15) is 11.6 Å². The zero-order valence-electron chi connectivity index (χ0n) is 15.0. The Hall–Kier alpha value is -2.28. The quantitative estimate of drug-likeness (QED) is 0.652. The number of benzene rings is 1. The summed E-state index contributed by atoms with van der Waals surface area (Å²) in [5, 5.41) is 12.2. The van der Waals surface area contributed by atoms with Gasteiger partial charge in [0.05, 0.1) is 0 Å². The molecule has 0 aliphatic carbocycles. The highest BCUT2D eigenvalue weighted by Crippen LogP contribution is 2.24. The molecule has 1 aromatic rings. The molecule has 1 rings (SSSR count). The molecule has 0 heterocycles. The molecule has 124 valence electrons. The second kappa shape index (κ2) is 7.82. The Morgan fingerprint density at radius 2 is 1.96 bits per heavy atom. The number of hydrogen-bond donors (Lipinski definition) is 1. The van der Waals surface area contributed by atoms with Crippen LogP contribution in [0.3, 0.4) is 0 Å². The molecule has 0 aliphatic heterocycles. The molecular formula is C19H27N3O. The van der Waals surface area contributed by atoms with Crippen LogP contribution in [0.15, 0.2) is 36.0 Å². The molecule has 23 heavy (non-hydrogen) atoms. The predicted molar refractivity (Wildman–Crippen MR) is 95.0 cm³/mol. The van der Waals surface area contributed by atoms with Gasteiger partial charge in [0.2, 0.25) is 0 Å². The van der Waals surface area contributed by atoms with E-state index in [2.05, 4.69) is 19.2 Å². The Bertz CT molecular complexity index is 618. The topological polar surface area (TPSA) is 56.1 Å². The van der Waals surface area contributed by atoms with E-state index in [1.807, 2.05) is 62.9 Å². The first-order valence-corrected chi connectivity index (χ1v) is 7.99. The Morgan fingerprint density at radius 3 is 2.43 bits per heavy atom. The average molecular weight is 313 g/mol. The van der Waals surface area contributed by atoms with Gasteiger partial charge in [-0.2, -0.15) is 5.26 Å². The van der Waals surface area contributed by atoms with Gasteiger partial charge < -0.3 is 10.2 Å². The zero-order valence-corrected chi connectivity index (χ0v) is 15.0. The van der Waals surface area contributed by atoms with Gasteiger partial charge in [0.25, 0.3) is 5.91 Å². The number of carbonyl (C=O) groups excluding carboxylic acids is 1. The summed E-state index contributed by atoms with van der Waals surface area (Å²) in [7, 11) is 0. The number of rotatable bonds is 5. The normalized spacial score (nSPS) is 12.0. The van der Waals surface area contributed by atoms with Crippen molar-refractivity contribution in [1.82, 2.24) is 4.90 Å². The fraction of sp³-hybridized carbons (Fsp3) is 0.474. The van der Waals surface area contributed by atoms with Gasteiger partial charge in [-0.25, -0.2) is 0 Å². The van der Waals surface area contributed by atoms with Crippen LogP contribution in [-0.2, 0) is 4.79 Å². The highest BCUT2D eigenvalue weighted by atomic mass is 16.1. The van der Waals surface area contributed by atoms with Crippen molar-refractivity contribution >= 4 is 11.6 Å². The third kappa shape index (κ3) is 5.14. The van der Waals surface area contributed by atoms with Crippen LogP contribution in [0.5, 0.6) is 0 Å². The van der Waals surface area contributed by atoms with Crippen LogP contribution in [0.2, 0.25) is 0 Å². The largest absolute Gasteiger partial charge is 0.372 e. The molecule has 4 nitrogen and oxygen atoms in total. The molecule has 0 unspecified atom stereocenters. The predicted octanol–water partition coefficient (Wildman–Crippen LogP) is 4.28. The van der Waals surface area contributed by atoms with E-state index in [1.165, 1.54) is 0 Å². The summed E-state index contributed by atoms with van der Waals surface area (Å²) in [5.74, 6) is -0.0777. The molecule has 0 radical (unpaired) electrons. The maximum atomic E-state index is 12.5. The van der Waals surface area contributed by atoms with Crippen molar-refractivity contribution in [2.24, 2.45) is 0 Å². The summed E-state index contributed by atoms with van der Waals surface area (Å²) < 4.78 is 0. The van der Waals surface area contributed by atoms with Crippen molar-refractivity contribution in [1.29, 1.82) is 5.26 Å². The van der Waals surface area contributed by atoms with Gasteiger partial charge >= 0.3 is 0 Å². The molecule has 0 aromatic heterocycles. The number of hydrogen-bond acceptors (Lipinski definition) is 3. The average Bonchev–Trinajstić information content (AvgIpc) is 2.47. The van der Waals surface area contributed by atoms with Gasteiger partial charge in [0, 0.05) is 24.0 Å². The van der Waals surface area contributed by atoms with E-state index in [9.17, 15) is 10.1 Å². The van der Waals surface area contributed by atoms with Crippen molar-refractivity contribution < 1.29 is 4.79 Å². The van der Waals surface area contributed by atoms with E-state index in [-0.39, 0.29) is 17.0 Å². The lowest BCUT2D eigenvalue weighted by molar-refractivity contribution is -0.112. The number of carbonyl (C=O) groups is 1. The molecule has 0 aliphatic rings. The lowest BCUT2D eigenvalue weighted by Crippen LogP contribution is -2.37. The molecule has 1 N–H and O–H groups in total. The van der Waals surface area contributed by atoms with Gasteiger partial charge in [-0.15, -0.1) is 0 Å². The van der Waals surface area contributed by atoms with Crippen LogP contribution >= 0.6 is 0 Å². The van der Waals surface area contributed by atoms with Crippen LogP contribution in [0.1, 0.15) is 53.0 Å². The Balaban J connectivity index is 3.06. The molecule has 0 spiro atoms. The number of para-hydroxylation sites is 1. The van der Waals surface area contributed by atoms with E-state index < -0.39 is 0 Å². The smallest absolute Gasteiger partial charge is 0.267 e. The summed E-state index contributed by atoms with van der Waals surface area (Å²) >= 11 is 0. The lowest BCUT2D eigenvalue weighted by atomic mass is 10.0. The first-order chi connectivity index (χ1) is 10.7. The van der Waals surface area contributed by atoms with Gasteiger partial charge in [-0.1, -0.05) is 32.0 Å². The second-order valence-corrected chi connectivity index (χ2v) is 6.81. The summed E-state index contributed by atoms with van der Waals surface area (Å²) in [5.41, 5.74) is 1.78. The molecule has 0 atom stereocenters. The van der Waals surface area contributed by atoms with E-state index >= 15 is 0 Å². The van der Waals surface area contributed by atoms with Crippen LogP contribution in [0.25, 0.3) is 0 Å². The standard InChI is InChI=1S/C19H27N3O/c1-7-22(19(4,5)6)13-15(12-20)18(23)21-17-11-9-8-10-16(17)14(2)3/h8-11,13-14H,7H2,1-6H3,(H,21,23)/b15-13-. The molecule has 1 aromatic carbocycles. The van der Waals surface area contributed by atoms with E-state index in [0.717, 1.165) is 17.8 Å². The highest BCUT2D eigenvalue weighted by Gasteiger charge is 2.20. The number of anilines is 1. The van der Waals surface area contributed by atoms with Crippen molar-refractivity contribution in [2.75, 3.05) is 11.9 Å². The minimum absolute atomic E-state index is 0.111. The number of nitriles is 1. The van der Waals surface area contributed by atoms with Crippen LogP contribution in [0, 0.1) is 11.3 Å². The third-order valence-electron chi connectivity index (χ3n) is 3.68. The molecule has 0 fully saturated rings. The Labute approximate surface area is 139 Å². The van der Waals surface area contributed by atoms with Crippen molar-refractivity contribution in [3.05, 3.63) is 41.6 Å². The SMILES string of the molecule is CCN(/C=C(/C#N)C(=O)Nc1ccccc1C(C)C)C(C)(C)C. The second-order valence-electron chi connectivity index (χ2n) is 6.81. The summed E-state index contributed by atoms with van der Waals surface area (Å²) in [6.45, 7) is 13.0. The summed E-state index contributed by atoms with van der Waals surface area (Å²) in [6, 6.07) is 9.70. The van der Waals surface area contributed by atoms with E-state index in [1.54, 1.807) is 6.20 Å². The van der Waals surface area contributed by atoms with Gasteiger partial charge in [-0.3, -0.25) is 4.79 Å². The highest BCUT2D eigenvalue weighted by molar-refractivity contribution is 6.06. The first kappa shape index (κ1) is 18.8. The first-order valence-electron chi connectivity index (χ1n) is 7.99. The van der Waals surface area contributed by atoms with Crippen LogP contribution < -0.4 is 5.32 Å². The third-order valence-corrected chi connectivity index (χ3v) is 3.68. The van der Waals surface area contributed by atoms with Crippen LogP contribution in [-0.4, -0.2) is 22.9 Å². The number of amides is 1. The molecule has 4 heteroatoms. The number of nitrogens with one attached hydrogen (secondary N) is 1. The molecule has 0 saturated carbocycles. The minimum Gasteiger partial charge on any atom is -0.372 e. The maximum Gasteiger partial charge on any atom is 0.267 e. The van der Waals surface area contributed by atoms with Gasteiger partial charge in [0.15, 0.2) is 0 Å². The maximum absolute atomic E-state index is 12.5. The summed E-state index contributed by atoms with van der Waals surface area (Å²) in [6.07, 6.45) is 1.65. The zero-order chi connectivity index (χ0) is 17.6. The van der Waals surface area contributed by atoms with Crippen molar-refractivity contribution in [3.8, 4) is 6.07 Å². The fourth-order valence-electron chi connectivity index (χ4n) is 2.36. The Morgan fingerprint density at radius 1 is 1.35 bits per heavy atom. The Kier molecular flexibility index (Phi) is 6.38. The number of nitrogens with zero attached hydrogens (tertiary/aromatic N) is 2. The van der Waals surface area contributed by atoms with Gasteiger partial charge in [-0.05, 0) is 45.2 Å². The van der Waals surface area contributed by atoms with E-state index in [0.29, 0.717) is 5.92 Å². The molecule has 1 amide bonds. The molecule has 0 saturated heterocycles. The van der Waals surface area contributed by atoms with Crippen LogP contribution in [0.4, 0.5) is 5.69 Å². The monoisotopic (exact) mass is 313 g/mol. The lowest BCUT2D eigenvalue weighted by Gasteiger charge is -2.33. The molecule has 0 bridgehead atoms. The van der Waals surface area contributed by atoms with Crippen molar-refractivity contribution in [2.45, 2.75) is 53.0 Å². The minimum atomic E-state index is -0.372.